The quantitative estimate of drug-likeness (QED) is 0.596. The molecule has 0 aliphatic heterocycles. The molecule has 0 saturated carbocycles. The first kappa shape index (κ1) is 11.1. The first-order valence-corrected chi connectivity index (χ1v) is 4.78. The van der Waals surface area contributed by atoms with Crippen LogP contribution in [0, 0.1) is 11.3 Å². The van der Waals surface area contributed by atoms with E-state index in [0.717, 1.165) is 4.31 Å². The van der Waals surface area contributed by atoms with Gasteiger partial charge in [-0.1, -0.05) is 6.08 Å². The predicted octanol–water partition coefficient (Wildman–Crippen LogP) is -0.408. The fourth-order valence-electron chi connectivity index (χ4n) is 0.641. The molecule has 0 aromatic rings. The van der Waals surface area contributed by atoms with Crippen LogP contribution in [0.2, 0.25) is 0 Å². The number of hydrogen-bond donors (Lipinski definition) is 1. The molecule has 12 heavy (non-hydrogen) atoms. The fraction of sp³-hybridized carbons (Fsp3) is 0.500. The molecule has 0 fully saturated rings. The van der Waals surface area contributed by atoms with Gasteiger partial charge in [0.1, 0.15) is 0 Å². The van der Waals surface area contributed by atoms with Gasteiger partial charge in [0.15, 0.2) is 0 Å². The molecule has 68 valence electrons. The van der Waals surface area contributed by atoms with Crippen molar-refractivity contribution >= 4 is 10.2 Å². The van der Waals surface area contributed by atoms with Crippen LogP contribution < -0.4 is 5.14 Å². The Bertz CT molecular complexity index is 278. The topological polar surface area (TPSA) is 87.2 Å². The van der Waals surface area contributed by atoms with Gasteiger partial charge in [-0.05, 0) is 0 Å². The van der Waals surface area contributed by atoms with Crippen molar-refractivity contribution < 1.29 is 8.42 Å². The van der Waals surface area contributed by atoms with Crippen LogP contribution in [0.4, 0.5) is 0 Å². The molecule has 0 aromatic carbocycles. The molecule has 6 heteroatoms. The standard InChI is InChI=1S/C6H11N3O2S/c1-2-5-9(6-3-4-7)12(8,10)11/h2H,1,3,5-6H2,(H2,8,10,11). The van der Waals surface area contributed by atoms with Crippen molar-refractivity contribution in [2.24, 2.45) is 5.14 Å². The van der Waals surface area contributed by atoms with Crippen LogP contribution in [-0.4, -0.2) is 25.8 Å². The van der Waals surface area contributed by atoms with Crippen molar-refractivity contribution in [2.75, 3.05) is 13.1 Å². The van der Waals surface area contributed by atoms with Crippen LogP contribution >= 0.6 is 0 Å². The molecule has 0 amide bonds. The molecule has 0 aliphatic rings. The molecule has 2 N–H and O–H groups in total. The molecule has 0 bridgehead atoms. The second-order valence-electron chi connectivity index (χ2n) is 2.10. The summed E-state index contributed by atoms with van der Waals surface area (Å²) in [6.45, 7) is 3.63. The molecule has 0 radical (unpaired) electrons. The van der Waals surface area contributed by atoms with Crippen molar-refractivity contribution in [1.82, 2.24) is 4.31 Å². The Hall–Kier alpha value is -0.900. The average Bonchev–Trinajstić information content (AvgIpc) is 1.95. The largest absolute Gasteiger partial charge is 0.277 e. The monoisotopic (exact) mass is 189 g/mol. The highest BCUT2D eigenvalue weighted by Crippen LogP contribution is 1.95. The van der Waals surface area contributed by atoms with Crippen molar-refractivity contribution in [3.8, 4) is 6.07 Å². The highest BCUT2D eigenvalue weighted by molar-refractivity contribution is 7.86. The zero-order valence-corrected chi connectivity index (χ0v) is 7.42. The Balaban J connectivity index is 4.26. The minimum absolute atomic E-state index is 0.112. The smallest absolute Gasteiger partial charge is 0.216 e. The molecular formula is C6H11N3O2S. The van der Waals surface area contributed by atoms with Crippen molar-refractivity contribution in [3.05, 3.63) is 12.7 Å². The van der Waals surface area contributed by atoms with E-state index in [0.29, 0.717) is 0 Å². The summed E-state index contributed by atoms with van der Waals surface area (Å²) >= 11 is 0. The summed E-state index contributed by atoms with van der Waals surface area (Å²) in [7, 11) is -3.69. The molecule has 0 saturated heterocycles. The SMILES string of the molecule is C=CCN(CCC#N)S(N)(=O)=O. The van der Waals surface area contributed by atoms with E-state index in [9.17, 15) is 8.42 Å². The summed E-state index contributed by atoms with van der Waals surface area (Å²) in [5.74, 6) is 0. The van der Waals surface area contributed by atoms with Gasteiger partial charge in [0.25, 0.3) is 10.2 Å². The first-order chi connectivity index (χ1) is 5.52. The van der Waals surface area contributed by atoms with Crippen LogP contribution in [0.1, 0.15) is 6.42 Å². The lowest BCUT2D eigenvalue weighted by Crippen LogP contribution is -2.37. The molecule has 0 spiro atoms. The highest BCUT2D eigenvalue weighted by Gasteiger charge is 2.14. The number of nitrogens with zero attached hydrogens (tertiary/aromatic N) is 2. The Labute approximate surface area is 72.3 Å². The first-order valence-electron chi connectivity index (χ1n) is 3.28. The lowest BCUT2D eigenvalue weighted by atomic mass is 10.4. The Morgan fingerprint density at radius 1 is 1.67 bits per heavy atom. The number of hydrogen-bond acceptors (Lipinski definition) is 3. The van der Waals surface area contributed by atoms with E-state index in [1.165, 1.54) is 6.08 Å². The second-order valence-corrected chi connectivity index (χ2v) is 3.65. The Morgan fingerprint density at radius 3 is 2.58 bits per heavy atom. The number of nitriles is 1. The van der Waals surface area contributed by atoms with Crippen LogP contribution in [-0.2, 0) is 10.2 Å². The summed E-state index contributed by atoms with van der Waals surface area (Å²) in [5, 5.41) is 13.1. The van der Waals surface area contributed by atoms with Gasteiger partial charge in [-0.3, -0.25) is 0 Å². The molecule has 0 atom stereocenters. The molecule has 5 nitrogen and oxygen atoms in total. The summed E-state index contributed by atoms with van der Waals surface area (Å²) < 4.78 is 22.5. The van der Waals surface area contributed by atoms with Gasteiger partial charge in [0.2, 0.25) is 0 Å². The maximum absolute atomic E-state index is 10.8. The molecule has 0 rings (SSSR count). The zero-order valence-electron chi connectivity index (χ0n) is 6.60. The van der Waals surface area contributed by atoms with Gasteiger partial charge in [-0.15, -0.1) is 6.58 Å². The van der Waals surface area contributed by atoms with E-state index < -0.39 is 10.2 Å². The summed E-state index contributed by atoms with van der Waals surface area (Å²) in [6, 6.07) is 1.83. The van der Waals surface area contributed by atoms with E-state index in [1.54, 1.807) is 0 Å². The van der Waals surface area contributed by atoms with Gasteiger partial charge in [0, 0.05) is 19.5 Å². The van der Waals surface area contributed by atoms with Crippen LogP contribution in [0.3, 0.4) is 0 Å². The maximum Gasteiger partial charge on any atom is 0.277 e. The fourth-order valence-corrected chi connectivity index (χ4v) is 1.30. The lowest BCUT2D eigenvalue weighted by molar-refractivity contribution is 0.450. The molecule has 0 aromatic heterocycles. The van der Waals surface area contributed by atoms with Gasteiger partial charge >= 0.3 is 0 Å². The van der Waals surface area contributed by atoms with Gasteiger partial charge in [-0.25, -0.2) is 5.14 Å². The third-order valence-electron chi connectivity index (χ3n) is 1.17. The minimum atomic E-state index is -3.69. The zero-order chi connectivity index (χ0) is 9.61. The van der Waals surface area contributed by atoms with Crippen molar-refractivity contribution in [1.29, 1.82) is 5.26 Å². The van der Waals surface area contributed by atoms with E-state index in [4.69, 9.17) is 10.4 Å². The van der Waals surface area contributed by atoms with Gasteiger partial charge in [-0.2, -0.15) is 18.0 Å². The summed E-state index contributed by atoms with van der Waals surface area (Å²) in [4.78, 5) is 0. The minimum Gasteiger partial charge on any atom is -0.216 e. The summed E-state index contributed by atoms with van der Waals surface area (Å²) in [5.41, 5.74) is 0. The van der Waals surface area contributed by atoms with Gasteiger partial charge in [0.05, 0.1) is 6.07 Å². The van der Waals surface area contributed by atoms with E-state index in [1.807, 2.05) is 6.07 Å². The highest BCUT2D eigenvalue weighted by atomic mass is 32.2. The average molecular weight is 189 g/mol. The number of rotatable bonds is 5. The predicted molar refractivity (Wildman–Crippen MR) is 45.1 cm³/mol. The van der Waals surface area contributed by atoms with Crippen LogP contribution in [0.25, 0.3) is 0 Å². The van der Waals surface area contributed by atoms with Crippen molar-refractivity contribution in [3.63, 3.8) is 0 Å². The summed E-state index contributed by atoms with van der Waals surface area (Å²) in [6.07, 6.45) is 1.55. The second kappa shape index (κ2) is 4.87. The maximum atomic E-state index is 10.8. The third-order valence-corrected chi connectivity index (χ3v) is 2.22. The molecule has 0 unspecified atom stereocenters. The normalized spacial score (nSPS) is 11.1. The van der Waals surface area contributed by atoms with E-state index in [2.05, 4.69) is 6.58 Å². The van der Waals surface area contributed by atoms with Gasteiger partial charge < -0.3 is 0 Å². The molecule has 0 heterocycles. The lowest BCUT2D eigenvalue weighted by Gasteiger charge is -2.14. The molecule has 0 aliphatic carbocycles. The molecular weight excluding hydrogens is 178 g/mol. The Kier molecular flexibility index (Phi) is 4.51. The Morgan fingerprint density at radius 2 is 2.25 bits per heavy atom. The van der Waals surface area contributed by atoms with Crippen LogP contribution in [0.15, 0.2) is 12.7 Å². The van der Waals surface area contributed by atoms with E-state index >= 15 is 0 Å². The van der Waals surface area contributed by atoms with E-state index in [-0.39, 0.29) is 19.5 Å². The van der Waals surface area contributed by atoms with Crippen molar-refractivity contribution in [2.45, 2.75) is 6.42 Å². The third kappa shape index (κ3) is 4.08. The number of nitrogens with two attached hydrogens (primary N) is 1. The van der Waals surface area contributed by atoms with Crippen LogP contribution in [0.5, 0.6) is 0 Å².